The molecule has 2 aromatic carbocycles. The molecule has 0 spiro atoms. The van der Waals surface area contributed by atoms with Gasteiger partial charge < -0.3 is 25.4 Å². The molecule has 8 nitrogen and oxygen atoms in total. The number of likely N-dealkylation sites (tertiary alicyclic amines) is 1. The number of amidine groups is 1. The highest BCUT2D eigenvalue weighted by atomic mass is 35.5. The number of halogens is 1. The van der Waals surface area contributed by atoms with Crippen LogP contribution in [0.3, 0.4) is 0 Å². The molecule has 9 heteroatoms. The number of nitrogens with zero attached hydrogens (tertiary/aromatic N) is 1. The maximum absolute atomic E-state index is 13.6. The van der Waals surface area contributed by atoms with Gasteiger partial charge in [-0.1, -0.05) is 57.5 Å². The van der Waals surface area contributed by atoms with Crippen LogP contribution in [0.15, 0.2) is 48.5 Å². The van der Waals surface area contributed by atoms with Gasteiger partial charge in [0.1, 0.15) is 6.04 Å². The van der Waals surface area contributed by atoms with E-state index in [-0.39, 0.29) is 23.8 Å². The summed E-state index contributed by atoms with van der Waals surface area (Å²) in [4.78, 5) is 28.4. The van der Waals surface area contributed by atoms with Crippen molar-refractivity contribution in [3.63, 3.8) is 0 Å². The van der Waals surface area contributed by atoms with Crippen LogP contribution < -0.4 is 10.6 Å². The van der Waals surface area contributed by atoms with Crippen molar-refractivity contribution in [2.45, 2.75) is 45.8 Å². The summed E-state index contributed by atoms with van der Waals surface area (Å²) in [6.07, 6.45) is 0.366. The fraction of sp³-hybridized carbons (Fsp3) is 0.444. The van der Waals surface area contributed by atoms with Crippen LogP contribution in [0.25, 0.3) is 0 Å². The minimum absolute atomic E-state index is 0.144. The number of carbonyl (C=O) groups excluding carboxylic acids is 2. The predicted molar refractivity (Wildman–Crippen MR) is 141 cm³/mol. The van der Waals surface area contributed by atoms with E-state index in [2.05, 4.69) is 10.6 Å². The summed E-state index contributed by atoms with van der Waals surface area (Å²) in [5.41, 5.74) is -0.0900. The summed E-state index contributed by atoms with van der Waals surface area (Å²) in [5, 5.41) is 25.5. The number of ether oxygens (including phenoxy) is 1. The largest absolute Gasteiger partial charge is 0.469 e. The van der Waals surface area contributed by atoms with Gasteiger partial charge in [-0.05, 0) is 48.2 Å². The van der Waals surface area contributed by atoms with Crippen molar-refractivity contribution in [2.75, 3.05) is 25.5 Å². The van der Waals surface area contributed by atoms with E-state index in [0.29, 0.717) is 35.8 Å². The Kier molecular flexibility index (Phi) is 8.31. The van der Waals surface area contributed by atoms with Crippen molar-refractivity contribution in [3.05, 3.63) is 64.7 Å². The average Bonchev–Trinajstić information content (AvgIpc) is 2.83. The predicted octanol–water partition coefficient (Wildman–Crippen LogP) is 4.23. The summed E-state index contributed by atoms with van der Waals surface area (Å²) in [7, 11) is 1.38. The zero-order valence-electron chi connectivity index (χ0n) is 21.4. The fourth-order valence-electron chi connectivity index (χ4n) is 4.63. The van der Waals surface area contributed by atoms with E-state index in [9.17, 15) is 14.7 Å². The maximum atomic E-state index is 13.6. The lowest BCUT2D eigenvalue weighted by molar-refractivity contribution is -0.155. The minimum atomic E-state index is -1.12. The summed E-state index contributed by atoms with van der Waals surface area (Å²) in [5.74, 6) is -0.715. The number of benzene rings is 2. The quantitative estimate of drug-likeness (QED) is 0.340. The molecule has 194 valence electrons. The van der Waals surface area contributed by atoms with E-state index in [1.165, 1.54) is 7.11 Å². The molecule has 36 heavy (non-hydrogen) atoms. The molecule has 4 N–H and O–H groups in total. The number of carbonyl (C=O) groups is 2. The third-order valence-electron chi connectivity index (χ3n) is 6.89. The number of rotatable bonds is 6. The Morgan fingerprint density at radius 2 is 1.83 bits per heavy atom. The summed E-state index contributed by atoms with van der Waals surface area (Å²) in [6, 6.07) is 13.0. The highest BCUT2D eigenvalue weighted by molar-refractivity contribution is 6.30. The Labute approximate surface area is 217 Å². The summed E-state index contributed by atoms with van der Waals surface area (Å²) in [6.45, 7) is 8.36. The van der Waals surface area contributed by atoms with Crippen LogP contribution >= 0.6 is 11.6 Å². The van der Waals surface area contributed by atoms with Gasteiger partial charge >= 0.3 is 0 Å². The van der Waals surface area contributed by atoms with Crippen molar-refractivity contribution >= 4 is 35.1 Å². The Morgan fingerprint density at radius 3 is 2.42 bits per heavy atom. The normalized spacial score (nSPS) is 19.9. The Morgan fingerprint density at radius 1 is 1.17 bits per heavy atom. The van der Waals surface area contributed by atoms with E-state index >= 15 is 0 Å². The number of methoxy groups -OCH3 is 1. The zero-order valence-corrected chi connectivity index (χ0v) is 22.1. The number of nitrogens with one attached hydrogen (secondary N) is 3. The highest BCUT2D eigenvalue weighted by Gasteiger charge is 2.50. The third kappa shape index (κ3) is 5.82. The van der Waals surface area contributed by atoms with Gasteiger partial charge in [-0.3, -0.25) is 15.0 Å². The first-order valence-electron chi connectivity index (χ1n) is 12.0. The van der Waals surface area contributed by atoms with Gasteiger partial charge in [0.05, 0.1) is 12.7 Å². The molecule has 0 saturated carbocycles. The van der Waals surface area contributed by atoms with Crippen molar-refractivity contribution in [1.29, 1.82) is 5.41 Å². The molecule has 2 aromatic rings. The zero-order chi connectivity index (χ0) is 26.7. The second-order valence-electron chi connectivity index (χ2n) is 10.2. The monoisotopic (exact) mass is 514 g/mol. The maximum Gasteiger partial charge on any atom is 0.285 e. The molecule has 0 bridgehead atoms. The lowest BCUT2D eigenvalue weighted by Crippen LogP contribution is -2.60. The summed E-state index contributed by atoms with van der Waals surface area (Å²) < 4.78 is 4.81. The third-order valence-corrected chi connectivity index (χ3v) is 7.14. The topological polar surface area (TPSA) is 115 Å². The van der Waals surface area contributed by atoms with Crippen LogP contribution in [0.4, 0.5) is 5.69 Å². The average molecular weight is 515 g/mol. The number of hydrogen-bond donors (Lipinski definition) is 4. The molecule has 1 aliphatic heterocycles. The lowest BCUT2D eigenvalue weighted by Gasteiger charge is -2.51. The van der Waals surface area contributed by atoms with E-state index < -0.39 is 17.1 Å². The van der Waals surface area contributed by atoms with Crippen LogP contribution in [0.5, 0.6) is 0 Å². The molecule has 1 heterocycles. The standard InChI is InChI=1S/C27H35ClN4O4/c1-17(2)22(31-23(33)18-7-6-8-21(15-18)30-25(29)36-5)24(34)32-14-13-27(35,26(3,4)16-32)19-9-11-20(28)12-10-19/h6-12,15,17,22,35H,13-14,16H2,1-5H3,(H2,29,30)(H,31,33)/t22-,27+/m1/s1. The molecule has 1 saturated heterocycles. The first kappa shape index (κ1) is 27.5. The van der Waals surface area contributed by atoms with Crippen LogP contribution in [-0.2, 0) is 15.1 Å². The van der Waals surface area contributed by atoms with E-state index in [1.807, 2.05) is 39.8 Å². The molecule has 1 fully saturated rings. The number of amides is 2. The summed E-state index contributed by atoms with van der Waals surface area (Å²) >= 11 is 6.03. The van der Waals surface area contributed by atoms with Gasteiger partial charge in [-0.25, -0.2) is 0 Å². The van der Waals surface area contributed by atoms with Crippen molar-refractivity contribution in [1.82, 2.24) is 10.2 Å². The molecule has 3 rings (SSSR count). The Balaban J connectivity index is 1.75. The van der Waals surface area contributed by atoms with Gasteiger partial charge in [-0.2, -0.15) is 0 Å². The van der Waals surface area contributed by atoms with E-state index in [4.69, 9.17) is 21.7 Å². The van der Waals surface area contributed by atoms with Crippen molar-refractivity contribution < 1.29 is 19.4 Å². The molecule has 0 unspecified atom stereocenters. The second kappa shape index (κ2) is 10.9. The fourth-order valence-corrected chi connectivity index (χ4v) is 4.75. The molecule has 2 atom stereocenters. The Bertz CT molecular complexity index is 1120. The molecule has 2 amide bonds. The van der Waals surface area contributed by atoms with Gasteiger partial charge in [0, 0.05) is 34.8 Å². The lowest BCUT2D eigenvalue weighted by atomic mass is 9.66. The van der Waals surface area contributed by atoms with Gasteiger partial charge in [-0.15, -0.1) is 0 Å². The highest BCUT2D eigenvalue weighted by Crippen LogP contribution is 2.46. The molecule has 0 aromatic heterocycles. The molecule has 0 radical (unpaired) electrons. The molecule has 0 aliphatic carbocycles. The first-order chi connectivity index (χ1) is 16.9. The van der Waals surface area contributed by atoms with Crippen molar-refractivity contribution in [3.8, 4) is 0 Å². The van der Waals surface area contributed by atoms with Gasteiger partial charge in [0.2, 0.25) is 5.91 Å². The molecule has 1 aliphatic rings. The van der Waals surface area contributed by atoms with Gasteiger partial charge in [0.15, 0.2) is 0 Å². The molecular formula is C27H35ClN4O4. The smallest absolute Gasteiger partial charge is 0.285 e. The van der Waals surface area contributed by atoms with Crippen molar-refractivity contribution in [2.24, 2.45) is 11.3 Å². The van der Waals surface area contributed by atoms with E-state index in [1.54, 1.807) is 41.3 Å². The Hall–Kier alpha value is -3.10. The molecular weight excluding hydrogens is 480 g/mol. The van der Waals surface area contributed by atoms with Gasteiger partial charge in [0.25, 0.3) is 11.9 Å². The van der Waals surface area contributed by atoms with Crippen LogP contribution in [0.2, 0.25) is 5.02 Å². The van der Waals surface area contributed by atoms with E-state index in [0.717, 1.165) is 5.56 Å². The first-order valence-corrected chi connectivity index (χ1v) is 12.3. The number of anilines is 1. The number of piperidine rings is 1. The SMILES string of the molecule is COC(=N)Nc1cccc(C(=O)N[C@@H](C(=O)N2CC[C@](O)(c3ccc(Cl)cc3)C(C)(C)C2)C(C)C)c1. The number of aliphatic hydroxyl groups is 1. The van der Waals surface area contributed by atoms with Crippen LogP contribution in [-0.4, -0.2) is 54.1 Å². The number of hydrogen-bond acceptors (Lipinski definition) is 5. The second-order valence-corrected chi connectivity index (χ2v) is 10.6. The van der Waals surface area contributed by atoms with Crippen LogP contribution in [0, 0.1) is 16.7 Å². The minimum Gasteiger partial charge on any atom is -0.469 e. The van der Waals surface area contributed by atoms with Crippen LogP contribution in [0.1, 0.15) is 50.0 Å².